The van der Waals surface area contributed by atoms with Crippen LogP contribution >= 0.6 is 0 Å². The van der Waals surface area contributed by atoms with Crippen LogP contribution in [-0.4, -0.2) is 56.0 Å². The Morgan fingerprint density at radius 2 is 2.16 bits per heavy atom. The van der Waals surface area contributed by atoms with Crippen LogP contribution < -0.4 is 5.32 Å². The number of hydrogen-bond acceptors (Lipinski definition) is 6. The highest BCUT2D eigenvalue weighted by Crippen LogP contribution is 2.24. The largest absolute Gasteiger partial charge is 0.357 e. The van der Waals surface area contributed by atoms with Gasteiger partial charge in [0.1, 0.15) is 5.69 Å². The molecule has 1 aliphatic heterocycles. The molecule has 0 spiro atoms. The zero-order chi connectivity index (χ0) is 18.0. The third kappa shape index (κ3) is 3.67. The van der Waals surface area contributed by atoms with Gasteiger partial charge in [-0.15, -0.1) is 0 Å². The number of rotatable bonds is 5. The first kappa shape index (κ1) is 17.1. The van der Waals surface area contributed by atoms with E-state index in [1.165, 1.54) is 0 Å². The first-order valence-corrected chi connectivity index (χ1v) is 8.34. The molecule has 0 aromatic carbocycles. The molecule has 1 saturated heterocycles. The molecule has 0 bridgehead atoms. The van der Waals surface area contributed by atoms with Crippen LogP contribution in [0.3, 0.4) is 0 Å². The number of carbonyl (C=O) groups is 2. The van der Waals surface area contributed by atoms with Gasteiger partial charge in [-0.25, -0.2) is 9.97 Å². The van der Waals surface area contributed by atoms with E-state index < -0.39 is 0 Å². The lowest BCUT2D eigenvalue weighted by atomic mass is 10.0. The summed E-state index contributed by atoms with van der Waals surface area (Å²) in [7, 11) is 3.49. The average Bonchev–Trinajstić information content (AvgIpc) is 3.22. The molecule has 2 aromatic heterocycles. The summed E-state index contributed by atoms with van der Waals surface area (Å²) in [5.41, 5.74) is 1.67. The normalized spacial score (nSPS) is 16.9. The molecule has 25 heavy (non-hydrogen) atoms. The number of Topliss-reactive ketones (excluding diaryl/α,β-unsaturated/α-hetero) is 1. The molecule has 1 fully saturated rings. The number of amides is 1. The molecule has 3 rings (SSSR count). The van der Waals surface area contributed by atoms with E-state index in [1.54, 1.807) is 42.1 Å². The quantitative estimate of drug-likeness (QED) is 0.827. The topological polar surface area (TPSA) is 93.0 Å². The Bertz CT molecular complexity index is 800. The van der Waals surface area contributed by atoms with Crippen molar-refractivity contribution in [2.75, 3.05) is 18.9 Å². The van der Waals surface area contributed by atoms with Gasteiger partial charge in [0, 0.05) is 45.0 Å². The Balaban J connectivity index is 1.75. The van der Waals surface area contributed by atoms with Gasteiger partial charge in [0.05, 0.1) is 11.8 Å². The summed E-state index contributed by atoms with van der Waals surface area (Å²) in [6.07, 6.45) is 5.29. The van der Waals surface area contributed by atoms with E-state index in [2.05, 4.69) is 20.4 Å². The maximum Gasteiger partial charge on any atom is 0.272 e. The minimum Gasteiger partial charge on any atom is -0.357 e. The maximum absolute atomic E-state index is 12.9. The third-order valence-corrected chi connectivity index (χ3v) is 4.38. The third-order valence-electron chi connectivity index (χ3n) is 4.38. The SMILES string of the molecule is CNc1nc(C)cc(C(=O)N2CCC[C@@H]2CC(=O)c2cnn(C)c2)n1. The number of hydrogen-bond donors (Lipinski definition) is 1. The van der Waals surface area contributed by atoms with E-state index in [0.29, 0.717) is 30.2 Å². The summed E-state index contributed by atoms with van der Waals surface area (Å²) in [5, 5.41) is 6.90. The number of ketones is 1. The molecule has 132 valence electrons. The summed E-state index contributed by atoms with van der Waals surface area (Å²) in [6, 6.07) is 1.58. The molecule has 3 heterocycles. The van der Waals surface area contributed by atoms with Gasteiger partial charge in [-0.3, -0.25) is 14.3 Å². The standard InChI is InChI=1S/C17H22N6O2/c1-11-7-14(21-17(18-2)20-11)16(25)23-6-4-5-13(23)8-15(24)12-9-19-22(3)10-12/h7,9-10,13H,4-6,8H2,1-3H3,(H,18,20,21)/t13-/m1/s1. The maximum atomic E-state index is 12.9. The number of nitrogens with zero attached hydrogens (tertiary/aromatic N) is 5. The second-order valence-electron chi connectivity index (χ2n) is 6.29. The molecule has 1 aliphatic rings. The van der Waals surface area contributed by atoms with Crippen LogP contribution in [0.5, 0.6) is 0 Å². The number of aromatic nitrogens is 4. The van der Waals surface area contributed by atoms with E-state index in [1.807, 2.05) is 6.92 Å². The molecular formula is C17H22N6O2. The Labute approximate surface area is 146 Å². The number of carbonyl (C=O) groups excluding carboxylic acids is 2. The second kappa shape index (κ2) is 7.00. The molecule has 0 radical (unpaired) electrons. The zero-order valence-corrected chi connectivity index (χ0v) is 14.7. The molecule has 0 unspecified atom stereocenters. The molecule has 8 heteroatoms. The van der Waals surface area contributed by atoms with Crippen LogP contribution in [0.15, 0.2) is 18.5 Å². The van der Waals surface area contributed by atoms with Crippen LogP contribution in [-0.2, 0) is 7.05 Å². The van der Waals surface area contributed by atoms with Gasteiger partial charge in [-0.2, -0.15) is 5.10 Å². The van der Waals surface area contributed by atoms with Gasteiger partial charge < -0.3 is 10.2 Å². The molecule has 1 N–H and O–H groups in total. The van der Waals surface area contributed by atoms with Gasteiger partial charge in [0.15, 0.2) is 5.78 Å². The number of nitrogens with one attached hydrogen (secondary N) is 1. The highest BCUT2D eigenvalue weighted by atomic mass is 16.2. The van der Waals surface area contributed by atoms with Crippen molar-refractivity contribution >= 4 is 17.6 Å². The van der Waals surface area contributed by atoms with Gasteiger partial charge in [-0.1, -0.05) is 0 Å². The first-order valence-electron chi connectivity index (χ1n) is 8.34. The number of likely N-dealkylation sites (tertiary alicyclic amines) is 1. The Morgan fingerprint density at radius 3 is 2.84 bits per heavy atom. The van der Waals surface area contributed by atoms with Crippen LogP contribution in [0, 0.1) is 6.92 Å². The zero-order valence-electron chi connectivity index (χ0n) is 14.7. The van der Waals surface area contributed by atoms with Gasteiger partial charge in [0.2, 0.25) is 5.95 Å². The predicted octanol–water partition coefficient (Wildman–Crippen LogP) is 1.44. The van der Waals surface area contributed by atoms with E-state index in [0.717, 1.165) is 18.5 Å². The monoisotopic (exact) mass is 342 g/mol. The van der Waals surface area contributed by atoms with Crippen molar-refractivity contribution in [2.45, 2.75) is 32.2 Å². The van der Waals surface area contributed by atoms with Crippen molar-refractivity contribution in [3.63, 3.8) is 0 Å². The molecule has 1 atom stereocenters. The van der Waals surface area contributed by atoms with Crippen molar-refractivity contribution in [2.24, 2.45) is 7.05 Å². The van der Waals surface area contributed by atoms with E-state index >= 15 is 0 Å². The van der Waals surface area contributed by atoms with Gasteiger partial charge in [0.25, 0.3) is 5.91 Å². The summed E-state index contributed by atoms with van der Waals surface area (Å²) in [4.78, 5) is 35.6. The molecule has 2 aromatic rings. The summed E-state index contributed by atoms with van der Waals surface area (Å²) < 4.78 is 1.60. The highest BCUT2D eigenvalue weighted by molar-refractivity contribution is 5.97. The van der Waals surface area contributed by atoms with Crippen molar-refractivity contribution in [3.8, 4) is 0 Å². The average molecular weight is 342 g/mol. The Morgan fingerprint density at radius 1 is 1.36 bits per heavy atom. The van der Waals surface area contributed by atoms with Crippen molar-refractivity contribution in [1.82, 2.24) is 24.6 Å². The van der Waals surface area contributed by atoms with Crippen molar-refractivity contribution in [1.29, 1.82) is 0 Å². The van der Waals surface area contributed by atoms with Gasteiger partial charge in [-0.05, 0) is 25.8 Å². The lowest BCUT2D eigenvalue weighted by Gasteiger charge is -2.24. The summed E-state index contributed by atoms with van der Waals surface area (Å²) >= 11 is 0. The van der Waals surface area contributed by atoms with Crippen LogP contribution in [0.25, 0.3) is 0 Å². The number of aryl methyl sites for hydroxylation is 2. The van der Waals surface area contributed by atoms with Gasteiger partial charge >= 0.3 is 0 Å². The fourth-order valence-electron chi connectivity index (χ4n) is 3.15. The predicted molar refractivity (Wildman–Crippen MR) is 92.5 cm³/mol. The van der Waals surface area contributed by atoms with Crippen LogP contribution in [0.4, 0.5) is 5.95 Å². The lowest BCUT2D eigenvalue weighted by Crippen LogP contribution is -2.37. The smallest absolute Gasteiger partial charge is 0.272 e. The lowest BCUT2D eigenvalue weighted by molar-refractivity contribution is 0.0711. The second-order valence-corrected chi connectivity index (χ2v) is 6.29. The Hall–Kier alpha value is -2.77. The minimum absolute atomic E-state index is 0.00702. The molecular weight excluding hydrogens is 320 g/mol. The highest BCUT2D eigenvalue weighted by Gasteiger charge is 2.32. The van der Waals surface area contributed by atoms with Crippen molar-refractivity contribution in [3.05, 3.63) is 35.4 Å². The molecule has 0 saturated carbocycles. The van der Waals surface area contributed by atoms with E-state index in [-0.39, 0.29) is 17.7 Å². The minimum atomic E-state index is -0.150. The Kier molecular flexibility index (Phi) is 4.78. The van der Waals surface area contributed by atoms with E-state index in [9.17, 15) is 9.59 Å². The molecule has 1 amide bonds. The fourth-order valence-corrected chi connectivity index (χ4v) is 3.15. The summed E-state index contributed by atoms with van der Waals surface area (Å²) in [6.45, 7) is 2.47. The molecule has 8 nitrogen and oxygen atoms in total. The van der Waals surface area contributed by atoms with E-state index in [4.69, 9.17) is 0 Å². The number of anilines is 1. The van der Waals surface area contributed by atoms with Crippen LogP contribution in [0.1, 0.15) is 45.8 Å². The fraction of sp³-hybridized carbons (Fsp3) is 0.471. The first-order chi connectivity index (χ1) is 12.0. The van der Waals surface area contributed by atoms with Crippen LogP contribution in [0.2, 0.25) is 0 Å². The summed E-state index contributed by atoms with van der Waals surface area (Å²) in [5.74, 6) is 0.279. The molecule has 0 aliphatic carbocycles. The van der Waals surface area contributed by atoms with Crippen molar-refractivity contribution < 1.29 is 9.59 Å².